The molecule has 2 aliphatic carbocycles. The lowest BCUT2D eigenvalue weighted by Gasteiger charge is -2.29. The number of halogens is 3. The van der Waals surface area contributed by atoms with Crippen molar-refractivity contribution in [3.8, 4) is 0 Å². The minimum atomic E-state index is -4.08. The SMILES string of the molecule is O=C1C(=O)N(C2CC2)C[C@@H]1NC(=O)[C@@H]1C[C@@H](S(=O)(=O)c2ccccc2Cl)CN1C(=O)C1(c2ccc(Br)cc2F)CC1. The molecule has 6 rings (SSSR count). The summed E-state index contributed by atoms with van der Waals surface area (Å²) in [6.45, 7) is -0.278. The molecule has 0 radical (unpaired) electrons. The topological polar surface area (TPSA) is 121 Å². The van der Waals surface area contributed by atoms with Crippen molar-refractivity contribution in [3.05, 3.63) is 63.3 Å². The molecule has 2 saturated heterocycles. The molecule has 2 aromatic carbocycles. The molecular weight excluding hydrogens is 641 g/mol. The summed E-state index contributed by atoms with van der Waals surface area (Å²) >= 11 is 9.43. The van der Waals surface area contributed by atoms with Crippen molar-refractivity contribution in [1.29, 1.82) is 0 Å². The number of rotatable bonds is 7. The maximum Gasteiger partial charge on any atom is 0.292 e. The molecule has 0 aromatic heterocycles. The Labute approximate surface area is 249 Å². The summed E-state index contributed by atoms with van der Waals surface area (Å²) in [5, 5.41) is 1.45. The van der Waals surface area contributed by atoms with Gasteiger partial charge in [-0.05, 0) is 56.4 Å². The van der Waals surface area contributed by atoms with Crippen molar-refractivity contribution in [3.63, 3.8) is 0 Å². The van der Waals surface area contributed by atoms with E-state index in [9.17, 15) is 27.6 Å². The molecule has 4 aliphatic rings. The summed E-state index contributed by atoms with van der Waals surface area (Å²) in [6, 6.07) is 7.98. The van der Waals surface area contributed by atoms with Gasteiger partial charge < -0.3 is 15.1 Å². The molecule has 2 saturated carbocycles. The summed E-state index contributed by atoms with van der Waals surface area (Å²) in [4.78, 5) is 55.3. The molecule has 0 unspecified atom stereocenters. The van der Waals surface area contributed by atoms with E-state index in [1.807, 2.05) is 0 Å². The van der Waals surface area contributed by atoms with Crippen LogP contribution < -0.4 is 5.32 Å². The number of benzene rings is 2. The third-order valence-corrected chi connectivity index (χ3v) is 11.6. The van der Waals surface area contributed by atoms with Crippen molar-refractivity contribution < 1.29 is 32.0 Å². The smallest absolute Gasteiger partial charge is 0.292 e. The van der Waals surface area contributed by atoms with Gasteiger partial charge in [0.05, 0.1) is 20.6 Å². The minimum absolute atomic E-state index is 0.0152. The molecule has 0 bridgehead atoms. The molecule has 13 heteroatoms. The Bertz CT molecular complexity index is 1590. The molecule has 2 heterocycles. The van der Waals surface area contributed by atoms with Gasteiger partial charge in [0.2, 0.25) is 17.6 Å². The highest BCUT2D eigenvalue weighted by molar-refractivity contribution is 9.10. The van der Waals surface area contributed by atoms with Crippen LogP contribution in [0, 0.1) is 5.82 Å². The van der Waals surface area contributed by atoms with Crippen LogP contribution in [0.4, 0.5) is 4.39 Å². The van der Waals surface area contributed by atoms with Gasteiger partial charge >= 0.3 is 0 Å². The average Bonchev–Trinajstić information content (AvgIpc) is 3.86. The fraction of sp³-hybridized carbons (Fsp3) is 0.429. The first kappa shape index (κ1) is 28.3. The summed E-state index contributed by atoms with van der Waals surface area (Å²) < 4.78 is 42.8. The third-order valence-electron chi connectivity index (χ3n) is 8.49. The van der Waals surface area contributed by atoms with Gasteiger partial charge in [-0.1, -0.05) is 45.7 Å². The molecule has 3 amide bonds. The van der Waals surface area contributed by atoms with Gasteiger partial charge in [-0.15, -0.1) is 0 Å². The van der Waals surface area contributed by atoms with Crippen molar-refractivity contribution in [2.24, 2.45) is 0 Å². The Hall–Kier alpha value is -2.83. The molecule has 0 spiro atoms. The zero-order valence-corrected chi connectivity index (χ0v) is 24.8. The quantitative estimate of drug-likeness (QED) is 0.454. The van der Waals surface area contributed by atoms with Crippen LogP contribution in [0.3, 0.4) is 0 Å². The first-order valence-electron chi connectivity index (χ1n) is 13.3. The van der Waals surface area contributed by atoms with Crippen molar-refractivity contribution in [1.82, 2.24) is 15.1 Å². The molecule has 3 atom stereocenters. The number of hydrogen-bond acceptors (Lipinski definition) is 6. The number of Topliss-reactive ketones (excluding diaryl/α,β-unsaturated/α-hetero) is 1. The minimum Gasteiger partial charge on any atom is -0.342 e. The number of sulfone groups is 1. The van der Waals surface area contributed by atoms with Crippen LogP contribution in [-0.2, 0) is 34.4 Å². The maximum atomic E-state index is 15.0. The van der Waals surface area contributed by atoms with Crippen LogP contribution in [0.2, 0.25) is 5.02 Å². The first-order chi connectivity index (χ1) is 19.4. The van der Waals surface area contributed by atoms with E-state index in [2.05, 4.69) is 21.2 Å². The highest BCUT2D eigenvalue weighted by Gasteiger charge is 2.58. The number of hydrogen-bond donors (Lipinski definition) is 1. The molecule has 9 nitrogen and oxygen atoms in total. The van der Waals surface area contributed by atoms with Crippen LogP contribution in [-0.4, -0.2) is 78.2 Å². The number of ketones is 1. The largest absolute Gasteiger partial charge is 0.342 e. The van der Waals surface area contributed by atoms with Gasteiger partial charge in [-0.3, -0.25) is 19.2 Å². The van der Waals surface area contributed by atoms with Gasteiger partial charge in [0, 0.05) is 29.2 Å². The van der Waals surface area contributed by atoms with Crippen LogP contribution in [0.25, 0.3) is 0 Å². The second kappa shape index (κ2) is 10.2. The van der Waals surface area contributed by atoms with E-state index < -0.39 is 61.9 Å². The lowest BCUT2D eigenvalue weighted by Crippen LogP contribution is -2.53. The monoisotopic (exact) mass is 665 g/mol. The van der Waals surface area contributed by atoms with Gasteiger partial charge in [-0.25, -0.2) is 12.8 Å². The van der Waals surface area contributed by atoms with E-state index in [-0.39, 0.29) is 41.0 Å². The molecule has 2 aromatic rings. The number of likely N-dealkylation sites (tertiary alicyclic amines) is 2. The summed E-state index contributed by atoms with van der Waals surface area (Å²) in [7, 11) is -4.08. The lowest BCUT2D eigenvalue weighted by atomic mass is 9.93. The predicted octanol–water partition coefficient (Wildman–Crippen LogP) is 2.78. The molecule has 4 fully saturated rings. The lowest BCUT2D eigenvalue weighted by molar-refractivity contribution is -0.142. The van der Waals surface area contributed by atoms with E-state index in [4.69, 9.17) is 11.6 Å². The molecular formula is C28H26BrClFN3O6S. The number of carbonyl (C=O) groups is 4. The normalized spacial score (nSPS) is 25.5. The van der Waals surface area contributed by atoms with Crippen molar-refractivity contribution in [2.45, 2.75) is 65.8 Å². The Morgan fingerprint density at radius 1 is 1.07 bits per heavy atom. The van der Waals surface area contributed by atoms with E-state index >= 15 is 4.39 Å². The van der Waals surface area contributed by atoms with Gasteiger partial charge in [0.1, 0.15) is 17.9 Å². The Kier molecular flexibility index (Phi) is 7.01. The van der Waals surface area contributed by atoms with Crippen molar-refractivity contribution >= 4 is 60.9 Å². The Balaban J connectivity index is 1.31. The fourth-order valence-electron chi connectivity index (χ4n) is 5.96. The highest BCUT2D eigenvalue weighted by Crippen LogP contribution is 2.52. The van der Waals surface area contributed by atoms with Crippen LogP contribution in [0.1, 0.15) is 37.7 Å². The number of nitrogens with one attached hydrogen (secondary N) is 1. The second-order valence-electron chi connectivity index (χ2n) is 11.1. The molecule has 1 N–H and O–H groups in total. The summed E-state index contributed by atoms with van der Waals surface area (Å²) in [5.41, 5.74) is -1.05. The van der Waals surface area contributed by atoms with Gasteiger partial charge in [0.15, 0.2) is 9.84 Å². The van der Waals surface area contributed by atoms with Crippen LogP contribution in [0.5, 0.6) is 0 Å². The Morgan fingerprint density at radius 2 is 1.78 bits per heavy atom. The third kappa shape index (κ3) is 4.87. The maximum absolute atomic E-state index is 15.0. The standard InChI is InChI=1S/C28H26BrClFN3O6S/c29-15-5-8-18(20(31)11-15)28(9-10-28)27(38)34-13-17(41(39,40)23-4-2-1-3-19(23)30)12-22(34)25(36)32-21-14-33(16-6-7-16)26(37)24(21)35/h1-5,8,11,16-17,21-22H,6-7,9-10,12-14H2,(H,32,36)/t17-,21+,22+/m1/s1. The van der Waals surface area contributed by atoms with E-state index in [1.54, 1.807) is 12.1 Å². The molecule has 216 valence electrons. The van der Waals surface area contributed by atoms with E-state index in [1.165, 1.54) is 40.1 Å². The van der Waals surface area contributed by atoms with Crippen LogP contribution in [0.15, 0.2) is 51.8 Å². The average molecular weight is 667 g/mol. The number of nitrogens with zero attached hydrogens (tertiary/aromatic N) is 2. The zero-order chi connectivity index (χ0) is 29.3. The summed E-state index contributed by atoms with van der Waals surface area (Å²) in [5.74, 6) is -3.26. The predicted molar refractivity (Wildman–Crippen MR) is 149 cm³/mol. The number of carbonyl (C=O) groups excluding carboxylic acids is 4. The van der Waals surface area contributed by atoms with E-state index in [0.29, 0.717) is 17.3 Å². The fourth-order valence-corrected chi connectivity index (χ4v) is 8.51. The Morgan fingerprint density at radius 3 is 2.41 bits per heavy atom. The van der Waals surface area contributed by atoms with Crippen LogP contribution >= 0.6 is 27.5 Å². The van der Waals surface area contributed by atoms with Gasteiger partial charge in [-0.2, -0.15) is 0 Å². The summed E-state index contributed by atoms with van der Waals surface area (Å²) in [6.07, 6.45) is 2.01. The molecule has 2 aliphatic heterocycles. The number of amides is 3. The van der Waals surface area contributed by atoms with E-state index in [0.717, 1.165) is 12.8 Å². The highest BCUT2D eigenvalue weighted by atomic mass is 79.9. The van der Waals surface area contributed by atoms with Crippen molar-refractivity contribution in [2.75, 3.05) is 13.1 Å². The molecule has 41 heavy (non-hydrogen) atoms. The zero-order valence-electron chi connectivity index (χ0n) is 21.7. The van der Waals surface area contributed by atoms with Gasteiger partial charge in [0.25, 0.3) is 5.91 Å². The second-order valence-corrected chi connectivity index (χ2v) is 14.6. The first-order valence-corrected chi connectivity index (χ1v) is 16.1.